The van der Waals surface area contributed by atoms with Crippen molar-refractivity contribution in [3.63, 3.8) is 0 Å². The van der Waals surface area contributed by atoms with E-state index in [-0.39, 0.29) is 24.4 Å². The Balaban J connectivity index is 1.39. The number of likely N-dealkylation sites (N-methyl/N-ethyl adjacent to an activating group) is 1. The SMILES string of the molecule is CN(CC(=O)N1CCC(n2/c(=N/C(=O)c3ccccc3)[nH]c3cnc(OCCN4CCCCC4)cc32)CC1)C(=O)O. The van der Waals surface area contributed by atoms with Crippen LogP contribution in [0.25, 0.3) is 11.0 Å². The van der Waals surface area contributed by atoms with Gasteiger partial charge in [-0.3, -0.25) is 14.5 Å². The van der Waals surface area contributed by atoms with Gasteiger partial charge in [0, 0.05) is 44.4 Å². The summed E-state index contributed by atoms with van der Waals surface area (Å²) in [6.07, 6.45) is 5.54. The van der Waals surface area contributed by atoms with Crippen LogP contribution in [0.1, 0.15) is 48.5 Å². The molecule has 0 spiro atoms. The lowest BCUT2D eigenvalue weighted by atomic mass is 10.0. The third-order valence-corrected chi connectivity index (χ3v) is 7.81. The Hall–Kier alpha value is -4.19. The van der Waals surface area contributed by atoms with Gasteiger partial charge < -0.3 is 29.2 Å². The molecule has 2 saturated heterocycles. The number of amides is 3. The zero-order chi connectivity index (χ0) is 28.8. The van der Waals surface area contributed by atoms with Crippen molar-refractivity contribution in [3.05, 3.63) is 53.8 Å². The first-order valence-corrected chi connectivity index (χ1v) is 14.2. The molecule has 4 heterocycles. The lowest BCUT2D eigenvalue weighted by Crippen LogP contribution is -2.45. The van der Waals surface area contributed by atoms with Crippen LogP contribution in [0.2, 0.25) is 0 Å². The van der Waals surface area contributed by atoms with Gasteiger partial charge in [-0.2, -0.15) is 4.99 Å². The Morgan fingerprint density at radius 3 is 2.54 bits per heavy atom. The number of benzene rings is 1. The standard InChI is InChI=1S/C29H37N7O5/c1-33(29(39)40)20-26(37)35-14-10-22(11-15-35)36-24-18-25(41-17-16-34-12-6-3-7-13-34)30-19-23(24)31-28(36)32-27(38)21-8-4-2-5-9-21/h2,4-5,8-9,18-19,22H,3,6-7,10-17,20H2,1H3,(H,39,40)(H,31,32,38). The van der Waals surface area contributed by atoms with Crippen molar-refractivity contribution in [3.8, 4) is 5.88 Å². The lowest BCUT2D eigenvalue weighted by Gasteiger charge is -2.33. The molecular formula is C29H37N7O5. The Morgan fingerprint density at radius 2 is 1.83 bits per heavy atom. The fourth-order valence-electron chi connectivity index (χ4n) is 5.49. The van der Waals surface area contributed by atoms with E-state index in [4.69, 9.17) is 9.84 Å². The second-order valence-electron chi connectivity index (χ2n) is 10.6. The molecule has 12 nitrogen and oxygen atoms in total. The van der Waals surface area contributed by atoms with Crippen molar-refractivity contribution in [1.29, 1.82) is 0 Å². The number of rotatable bonds is 8. The molecule has 0 unspecified atom stereocenters. The molecule has 3 aromatic rings. The molecule has 3 amide bonds. The van der Waals surface area contributed by atoms with Gasteiger partial charge in [-0.1, -0.05) is 24.6 Å². The topological polar surface area (TPSA) is 136 Å². The van der Waals surface area contributed by atoms with Crippen LogP contribution in [0.3, 0.4) is 0 Å². The van der Waals surface area contributed by atoms with Gasteiger partial charge >= 0.3 is 6.09 Å². The van der Waals surface area contributed by atoms with Crippen LogP contribution in [-0.4, -0.2) is 105 Å². The highest BCUT2D eigenvalue weighted by Crippen LogP contribution is 2.26. The maximum absolute atomic E-state index is 13.0. The molecule has 0 radical (unpaired) electrons. The molecule has 0 atom stereocenters. The minimum absolute atomic E-state index is 0.0454. The second kappa shape index (κ2) is 13.0. The number of aromatic amines is 1. The summed E-state index contributed by atoms with van der Waals surface area (Å²) in [6.45, 7) is 4.33. The summed E-state index contributed by atoms with van der Waals surface area (Å²) < 4.78 is 8.06. The van der Waals surface area contributed by atoms with E-state index in [0.29, 0.717) is 49.6 Å². The number of hydrogen-bond acceptors (Lipinski definition) is 6. The summed E-state index contributed by atoms with van der Waals surface area (Å²) >= 11 is 0. The smallest absolute Gasteiger partial charge is 0.407 e. The number of fused-ring (bicyclic) bond motifs is 1. The fraction of sp³-hybridized carbons (Fsp3) is 0.483. The predicted molar refractivity (Wildman–Crippen MR) is 152 cm³/mol. The number of imidazole rings is 1. The number of carbonyl (C=O) groups excluding carboxylic acids is 2. The van der Waals surface area contributed by atoms with E-state index in [2.05, 4.69) is 19.9 Å². The lowest BCUT2D eigenvalue weighted by molar-refractivity contribution is -0.133. The zero-order valence-corrected chi connectivity index (χ0v) is 23.4. The van der Waals surface area contributed by atoms with Crippen LogP contribution in [-0.2, 0) is 4.79 Å². The van der Waals surface area contributed by atoms with Gasteiger partial charge in [0.05, 0.1) is 17.2 Å². The van der Waals surface area contributed by atoms with Crippen LogP contribution in [0.4, 0.5) is 4.79 Å². The molecule has 1 aromatic carbocycles. The van der Waals surface area contributed by atoms with E-state index in [1.165, 1.54) is 26.3 Å². The first kappa shape index (κ1) is 28.3. The minimum Gasteiger partial charge on any atom is -0.476 e. The molecule has 2 aliphatic heterocycles. The van der Waals surface area contributed by atoms with E-state index in [0.717, 1.165) is 35.6 Å². The molecule has 2 N–H and O–H groups in total. The zero-order valence-electron chi connectivity index (χ0n) is 23.4. The van der Waals surface area contributed by atoms with Crippen molar-refractivity contribution < 1.29 is 24.2 Å². The van der Waals surface area contributed by atoms with Gasteiger partial charge in [0.25, 0.3) is 5.91 Å². The first-order valence-electron chi connectivity index (χ1n) is 14.2. The highest BCUT2D eigenvalue weighted by Gasteiger charge is 2.27. The fourth-order valence-corrected chi connectivity index (χ4v) is 5.49. The van der Waals surface area contributed by atoms with E-state index in [1.807, 2.05) is 16.7 Å². The van der Waals surface area contributed by atoms with Crippen molar-refractivity contribution in [2.24, 2.45) is 4.99 Å². The van der Waals surface area contributed by atoms with E-state index >= 15 is 0 Å². The Labute approximate surface area is 238 Å². The number of pyridine rings is 1. The summed E-state index contributed by atoms with van der Waals surface area (Å²) in [5, 5.41) is 9.12. The molecule has 2 aliphatic rings. The Kier molecular flexibility index (Phi) is 8.98. The number of piperidine rings is 2. The number of H-pyrrole nitrogens is 1. The summed E-state index contributed by atoms with van der Waals surface area (Å²) in [7, 11) is 1.38. The van der Waals surface area contributed by atoms with Crippen molar-refractivity contribution >= 4 is 28.9 Å². The van der Waals surface area contributed by atoms with Gasteiger partial charge in [-0.05, 0) is 50.9 Å². The van der Waals surface area contributed by atoms with Gasteiger partial charge in [0.2, 0.25) is 17.4 Å². The number of likely N-dealkylation sites (tertiary alicyclic amines) is 2. The molecule has 12 heteroatoms. The first-order chi connectivity index (χ1) is 19.9. The summed E-state index contributed by atoms with van der Waals surface area (Å²) in [6, 6.07) is 10.7. The number of carboxylic acid groups (broad SMARTS) is 1. The number of carbonyl (C=O) groups is 3. The van der Waals surface area contributed by atoms with E-state index in [1.54, 1.807) is 35.4 Å². The van der Waals surface area contributed by atoms with E-state index in [9.17, 15) is 14.4 Å². The van der Waals surface area contributed by atoms with Crippen molar-refractivity contribution in [1.82, 2.24) is 29.2 Å². The number of ether oxygens (including phenoxy) is 1. The van der Waals surface area contributed by atoms with Crippen molar-refractivity contribution in [2.45, 2.75) is 38.1 Å². The summed E-state index contributed by atoms with van der Waals surface area (Å²) in [5.41, 5.74) is 2.45. The molecule has 0 bridgehead atoms. The molecule has 41 heavy (non-hydrogen) atoms. The normalized spacial score (nSPS) is 17.1. The summed E-state index contributed by atoms with van der Waals surface area (Å²) in [4.78, 5) is 54.1. The van der Waals surface area contributed by atoms with Gasteiger partial charge in [-0.15, -0.1) is 0 Å². The monoisotopic (exact) mass is 563 g/mol. The molecule has 0 saturated carbocycles. The van der Waals surface area contributed by atoms with Gasteiger partial charge in [-0.25, -0.2) is 9.78 Å². The highest BCUT2D eigenvalue weighted by atomic mass is 16.5. The second-order valence-corrected chi connectivity index (χ2v) is 10.6. The quantitative estimate of drug-likeness (QED) is 0.430. The molecule has 218 valence electrons. The molecule has 2 fully saturated rings. The van der Waals surface area contributed by atoms with Crippen LogP contribution >= 0.6 is 0 Å². The van der Waals surface area contributed by atoms with E-state index < -0.39 is 6.09 Å². The maximum atomic E-state index is 13.0. The predicted octanol–water partition coefficient (Wildman–Crippen LogP) is 2.74. The average molecular weight is 564 g/mol. The summed E-state index contributed by atoms with van der Waals surface area (Å²) in [5.74, 6) is -0.0799. The molecule has 5 rings (SSSR count). The number of hydrogen-bond donors (Lipinski definition) is 2. The largest absolute Gasteiger partial charge is 0.476 e. The molecule has 2 aromatic heterocycles. The van der Waals surface area contributed by atoms with Gasteiger partial charge in [0.1, 0.15) is 13.2 Å². The Bertz CT molecular complexity index is 1440. The number of nitrogens with one attached hydrogen (secondary N) is 1. The van der Waals surface area contributed by atoms with Crippen molar-refractivity contribution in [2.75, 3.05) is 52.9 Å². The van der Waals surface area contributed by atoms with Crippen LogP contribution in [0.5, 0.6) is 5.88 Å². The minimum atomic E-state index is -1.14. The van der Waals surface area contributed by atoms with Crippen LogP contribution in [0.15, 0.2) is 47.6 Å². The Morgan fingerprint density at radius 1 is 1.10 bits per heavy atom. The average Bonchev–Trinajstić information content (AvgIpc) is 3.35. The molecule has 0 aliphatic carbocycles. The third-order valence-electron chi connectivity index (χ3n) is 7.81. The number of aromatic nitrogens is 3. The highest BCUT2D eigenvalue weighted by molar-refractivity contribution is 5.94. The van der Waals surface area contributed by atoms with Crippen LogP contribution in [0, 0.1) is 0 Å². The third kappa shape index (κ3) is 6.94. The molecular weight excluding hydrogens is 526 g/mol. The maximum Gasteiger partial charge on any atom is 0.407 e. The van der Waals surface area contributed by atoms with Crippen LogP contribution < -0.4 is 10.4 Å². The number of nitrogens with zero attached hydrogens (tertiary/aromatic N) is 6. The van der Waals surface area contributed by atoms with Gasteiger partial charge in [0.15, 0.2) is 0 Å².